The fraction of sp³-hybridized carbons (Fsp3) is 0.700. The second kappa shape index (κ2) is 5.43. The second-order valence-electron chi connectivity index (χ2n) is 8.41. The normalized spacial score (nSPS) is 37.7. The summed E-state index contributed by atoms with van der Waals surface area (Å²) < 4.78 is 0. The van der Waals surface area contributed by atoms with E-state index in [0.29, 0.717) is 17.3 Å². The van der Waals surface area contributed by atoms with Crippen molar-refractivity contribution in [1.29, 1.82) is 0 Å². The van der Waals surface area contributed by atoms with Crippen LogP contribution < -0.4 is 0 Å². The van der Waals surface area contributed by atoms with E-state index < -0.39 is 5.60 Å². The Balaban J connectivity index is 2.26. The lowest BCUT2D eigenvalue weighted by Gasteiger charge is -2.56. The third-order valence-electron chi connectivity index (χ3n) is 6.21. The highest BCUT2D eigenvalue weighted by molar-refractivity contribution is 5.29. The fourth-order valence-electron chi connectivity index (χ4n) is 4.81. The van der Waals surface area contributed by atoms with E-state index >= 15 is 0 Å². The molecule has 1 nitrogen and oxygen atoms in total. The summed E-state index contributed by atoms with van der Waals surface area (Å²) in [6.07, 6.45) is 11.9. The minimum Gasteiger partial charge on any atom is -0.386 e. The van der Waals surface area contributed by atoms with E-state index in [2.05, 4.69) is 46.1 Å². The minimum absolute atomic E-state index is 0.283. The summed E-state index contributed by atoms with van der Waals surface area (Å²) in [7, 11) is 0. The largest absolute Gasteiger partial charge is 0.386 e. The molecular formula is C20H32O. The average molecular weight is 288 g/mol. The van der Waals surface area contributed by atoms with Gasteiger partial charge in [-0.05, 0) is 55.3 Å². The van der Waals surface area contributed by atoms with Crippen molar-refractivity contribution in [3.8, 4) is 0 Å². The Morgan fingerprint density at radius 3 is 2.67 bits per heavy atom. The molecule has 0 heterocycles. The van der Waals surface area contributed by atoms with Crippen LogP contribution in [0.3, 0.4) is 0 Å². The molecule has 4 atom stereocenters. The number of hydrogen-bond acceptors (Lipinski definition) is 1. The van der Waals surface area contributed by atoms with Gasteiger partial charge in [0.1, 0.15) is 0 Å². The molecule has 2 rings (SSSR count). The quantitative estimate of drug-likeness (QED) is 0.698. The highest BCUT2D eigenvalue weighted by Crippen LogP contribution is 2.59. The molecule has 0 aliphatic heterocycles. The van der Waals surface area contributed by atoms with Crippen LogP contribution in [-0.2, 0) is 0 Å². The van der Waals surface area contributed by atoms with Gasteiger partial charge in [-0.2, -0.15) is 0 Å². The van der Waals surface area contributed by atoms with Gasteiger partial charge in [-0.3, -0.25) is 0 Å². The molecule has 0 aromatic carbocycles. The number of rotatable bonds is 4. The van der Waals surface area contributed by atoms with Crippen LogP contribution >= 0.6 is 0 Å². The Morgan fingerprint density at radius 1 is 1.38 bits per heavy atom. The first-order chi connectivity index (χ1) is 9.62. The first-order valence-corrected chi connectivity index (χ1v) is 8.35. The van der Waals surface area contributed by atoms with E-state index in [0.717, 1.165) is 12.8 Å². The molecular weight excluding hydrogens is 256 g/mol. The molecule has 2 aliphatic rings. The van der Waals surface area contributed by atoms with Crippen molar-refractivity contribution < 1.29 is 5.11 Å². The third-order valence-corrected chi connectivity index (χ3v) is 6.21. The van der Waals surface area contributed by atoms with Crippen molar-refractivity contribution in [2.75, 3.05) is 0 Å². The van der Waals surface area contributed by atoms with Crippen molar-refractivity contribution in [2.24, 2.45) is 22.7 Å². The number of aliphatic hydroxyl groups is 1. The van der Waals surface area contributed by atoms with Gasteiger partial charge in [-0.25, -0.2) is 0 Å². The minimum atomic E-state index is -0.766. The number of hydrogen-bond donors (Lipinski definition) is 1. The highest BCUT2D eigenvalue weighted by Gasteiger charge is 2.51. The van der Waals surface area contributed by atoms with Gasteiger partial charge in [-0.15, -0.1) is 6.58 Å². The third kappa shape index (κ3) is 3.04. The molecule has 1 heteroatoms. The molecule has 0 saturated heterocycles. The van der Waals surface area contributed by atoms with Crippen LogP contribution in [0, 0.1) is 22.7 Å². The average Bonchev–Trinajstić information content (AvgIpc) is 2.36. The van der Waals surface area contributed by atoms with E-state index in [1.54, 1.807) is 6.08 Å². The first kappa shape index (κ1) is 16.5. The predicted octanol–water partition coefficient (Wildman–Crippen LogP) is 5.28. The molecule has 0 radical (unpaired) electrons. The summed E-state index contributed by atoms with van der Waals surface area (Å²) in [5, 5.41) is 10.3. The van der Waals surface area contributed by atoms with Crippen LogP contribution in [-0.4, -0.2) is 10.7 Å². The molecule has 1 fully saturated rings. The Hall–Kier alpha value is -0.820. The Labute approximate surface area is 130 Å². The van der Waals surface area contributed by atoms with Gasteiger partial charge >= 0.3 is 0 Å². The standard InChI is InChI=1S/C20H32O/c1-7-19(5,21)14-11-16-15(2)9-10-17-18(3,4)12-8-13-20(16,17)6/h7,9-10,16-17,21H,1-2,8,11-14H2,3-6H3/t16-,17-,19-,20+/m0/s1. The predicted molar refractivity (Wildman–Crippen MR) is 91.1 cm³/mol. The van der Waals surface area contributed by atoms with Crippen LogP contribution in [0.15, 0.2) is 37.0 Å². The van der Waals surface area contributed by atoms with Crippen LogP contribution in [0.2, 0.25) is 0 Å². The topological polar surface area (TPSA) is 20.2 Å². The monoisotopic (exact) mass is 288 g/mol. The zero-order valence-corrected chi connectivity index (χ0v) is 14.3. The smallest absolute Gasteiger partial charge is 0.0797 e. The van der Waals surface area contributed by atoms with Crippen molar-refractivity contribution in [3.63, 3.8) is 0 Å². The SMILES string of the molecule is C=C[C@](C)(O)CC[C@H]1C(=C)C=C[C@H]2C(C)(C)CCC[C@]12C. The molecule has 1 N–H and O–H groups in total. The molecule has 2 aliphatic carbocycles. The summed E-state index contributed by atoms with van der Waals surface area (Å²) in [6, 6.07) is 0. The first-order valence-electron chi connectivity index (χ1n) is 8.35. The fourth-order valence-corrected chi connectivity index (χ4v) is 4.81. The molecule has 0 spiro atoms. The summed E-state index contributed by atoms with van der Waals surface area (Å²) in [5.41, 5.74) is 1.12. The van der Waals surface area contributed by atoms with Gasteiger partial charge in [0.05, 0.1) is 5.60 Å². The maximum atomic E-state index is 10.3. The lowest BCUT2D eigenvalue weighted by molar-refractivity contribution is -0.0143. The summed E-state index contributed by atoms with van der Waals surface area (Å²) >= 11 is 0. The van der Waals surface area contributed by atoms with Crippen molar-refractivity contribution in [3.05, 3.63) is 37.0 Å². The molecule has 0 unspecified atom stereocenters. The van der Waals surface area contributed by atoms with E-state index in [-0.39, 0.29) is 5.41 Å². The number of allylic oxidation sites excluding steroid dienone is 3. The van der Waals surface area contributed by atoms with E-state index in [1.807, 2.05) is 6.92 Å². The van der Waals surface area contributed by atoms with Gasteiger partial charge in [0, 0.05) is 0 Å². The zero-order valence-electron chi connectivity index (χ0n) is 14.3. The van der Waals surface area contributed by atoms with Crippen molar-refractivity contribution in [1.82, 2.24) is 0 Å². The summed E-state index contributed by atoms with van der Waals surface area (Å²) in [5.74, 6) is 1.08. The van der Waals surface area contributed by atoms with Gasteiger partial charge in [0.2, 0.25) is 0 Å². The molecule has 1 saturated carbocycles. The molecule has 0 aromatic rings. The Kier molecular flexibility index (Phi) is 4.28. The van der Waals surface area contributed by atoms with E-state index in [1.165, 1.54) is 24.8 Å². The molecule has 0 bridgehead atoms. The van der Waals surface area contributed by atoms with Crippen LogP contribution in [0.5, 0.6) is 0 Å². The van der Waals surface area contributed by atoms with E-state index in [4.69, 9.17) is 0 Å². The summed E-state index contributed by atoms with van der Waals surface area (Å²) in [4.78, 5) is 0. The Bertz CT molecular complexity index is 454. The molecule has 118 valence electrons. The maximum Gasteiger partial charge on any atom is 0.0797 e. The van der Waals surface area contributed by atoms with Crippen LogP contribution in [0.25, 0.3) is 0 Å². The lowest BCUT2D eigenvalue weighted by Crippen LogP contribution is -2.47. The maximum absolute atomic E-state index is 10.3. The molecule has 0 amide bonds. The van der Waals surface area contributed by atoms with Crippen LogP contribution in [0.4, 0.5) is 0 Å². The van der Waals surface area contributed by atoms with Gasteiger partial charge in [-0.1, -0.05) is 57.6 Å². The van der Waals surface area contributed by atoms with E-state index in [9.17, 15) is 5.11 Å². The molecule has 21 heavy (non-hydrogen) atoms. The van der Waals surface area contributed by atoms with Gasteiger partial charge < -0.3 is 5.11 Å². The Morgan fingerprint density at radius 2 is 2.05 bits per heavy atom. The van der Waals surface area contributed by atoms with Gasteiger partial charge in [0.15, 0.2) is 0 Å². The molecule has 0 aromatic heterocycles. The van der Waals surface area contributed by atoms with Crippen molar-refractivity contribution >= 4 is 0 Å². The highest BCUT2D eigenvalue weighted by atomic mass is 16.3. The summed E-state index contributed by atoms with van der Waals surface area (Å²) in [6.45, 7) is 17.2. The van der Waals surface area contributed by atoms with Gasteiger partial charge in [0.25, 0.3) is 0 Å². The van der Waals surface area contributed by atoms with Crippen molar-refractivity contribution in [2.45, 2.75) is 65.4 Å². The second-order valence-corrected chi connectivity index (χ2v) is 8.41. The zero-order chi connectivity index (χ0) is 15.9. The lowest BCUT2D eigenvalue weighted by atomic mass is 9.49. The number of fused-ring (bicyclic) bond motifs is 1. The van der Waals surface area contributed by atoms with Crippen LogP contribution in [0.1, 0.15) is 59.8 Å².